The van der Waals surface area contributed by atoms with Crippen molar-refractivity contribution in [1.29, 1.82) is 0 Å². The van der Waals surface area contributed by atoms with Crippen molar-refractivity contribution in [3.05, 3.63) is 57.3 Å². The lowest BCUT2D eigenvalue weighted by Gasteiger charge is -2.23. The van der Waals surface area contributed by atoms with Gasteiger partial charge < -0.3 is 0 Å². The van der Waals surface area contributed by atoms with Crippen LogP contribution in [0.1, 0.15) is 61.1 Å². The minimum absolute atomic E-state index is 0.0243. The van der Waals surface area contributed by atoms with Gasteiger partial charge in [0.25, 0.3) is 0 Å². The molecule has 2 rings (SSSR count). The second-order valence-corrected chi connectivity index (χ2v) is 7.27. The number of hydrogen-bond acceptors (Lipinski definition) is 1. The summed E-state index contributed by atoms with van der Waals surface area (Å²) in [5.41, 5.74) is 4.18. The van der Waals surface area contributed by atoms with Crippen LogP contribution in [-0.4, -0.2) is 0 Å². The van der Waals surface area contributed by atoms with Crippen molar-refractivity contribution in [2.24, 2.45) is 0 Å². The predicted molar refractivity (Wildman–Crippen MR) is 91.2 cm³/mol. The maximum atomic E-state index is 6.67. The topological polar surface area (TPSA) is 0 Å². The molecule has 1 atom stereocenters. The predicted octanol–water partition coefficient (Wildman–Crippen LogP) is 6.33. The molecule has 0 aliphatic rings. The van der Waals surface area contributed by atoms with Crippen molar-refractivity contribution in [2.45, 2.75) is 51.3 Å². The molecule has 2 aromatic rings. The van der Waals surface area contributed by atoms with E-state index in [9.17, 15) is 0 Å². The average molecular weight is 307 g/mol. The zero-order valence-corrected chi connectivity index (χ0v) is 14.3. The fourth-order valence-electron chi connectivity index (χ4n) is 2.32. The molecule has 0 fully saturated rings. The second kappa shape index (κ2) is 6.32. The molecule has 0 saturated heterocycles. The third-order valence-electron chi connectivity index (χ3n) is 4.26. The van der Waals surface area contributed by atoms with E-state index in [1.54, 1.807) is 11.3 Å². The first-order valence-electron chi connectivity index (χ1n) is 7.30. The summed E-state index contributed by atoms with van der Waals surface area (Å²) in [7, 11) is 0. The Hall–Kier alpha value is -0.790. The minimum Gasteiger partial charge on any atom is -0.147 e. The highest BCUT2D eigenvalue weighted by Crippen LogP contribution is 2.36. The first kappa shape index (κ1) is 15.6. The molecular formula is C18H23ClS. The molecule has 0 saturated carbocycles. The number of alkyl halides is 1. The summed E-state index contributed by atoms with van der Waals surface area (Å²) in [6.07, 6.45) is 2.19. The molecular weight excluding hydrogens is 284 g/mol. The summed E-state index contributed by atoms with van der Waals surface area (Å²) in [5, 5.41) is 2.11. The van der Waals surface area contributed by atoms with Gasteiger partial charge in [-0.2, -0.15) is 0 Å². The Morgan fingerprint density at radius 2 is 1.75 bits per heavy atom. The van der Waals surface area contributed by atoms with Gasteiger partial charge in [-0.3, -0.25) is 0 Å². The van der Waals surface area contributed by atoms with E-state index in [1.165, 1.54) is 21.6 Å². The Bertz CT molecular complexity index is 551. The summed E-state index contributed by atoms with van der Waals surface area (Å²) in [6, 6.07) is 11.0. The number of thiophene rings is 1. The molecule has 0 N–H and O–H groups in total. The molecule has 0 radical (unpaired) electrons. The van der Waals surface area contributed by atoms with Crippen molar-refractivity contribution in [1.82, 2.24) is 0 Å². The van der Waals surface area contributed by atoms with Crippen LogP contribution in [0.15, 0.2) is 35.7 Å². The molecule has 20 heavy (non-hydrogen) atoms. The van der Waals surface area contributed by atoms with Crippen molar-refractivity contribution < 1.29 is 0 Å². The number of aryl methyl sites for hydroxylation is 1. The third kappa shape index (κ3) is 3.10. The van der Waals surface area contributed by atoms with Gasteiger partial charge in [0.15, 0.2) is 0 Å². The Morgan fingerprint density at radius 1 is 1.10 bits per heavy atom. The molecule has 1 unspecified atom stereocenters. The highest BCUT2D eigenvalue weighted by atomic mass is 35.5. The van der Waals surface area contributed by atoms with E-state index in [4.69, 9.17) is 11.6 Å². The fraction of sp³-hybridized carbons (Fsp3) is 0.444. The van der Waals surface area contributed by atoms with E-state index in [0.29, 0.717) is 0 Å². The quantitative estimate of drug-likeness (QED) is 0.566. The molecule has 2 heteroatoms. The van der Waals surface area contributed by atoms with Crippen LogP contribution in [0.3, 0.4) is 0 Å². The van der Waals surface area contributed by atoms with Gasteiger partial charge in [0, 0.05) is 4.88 Å². The molecule has 0 aliphatic heterocycles. The maximum absolute atomic E-state index is 6.67. The number of rotatable bonds is 5. The van der Waals surface area contributed by atoms with Gasteiger partial charge in [-0.15, -0.1) is 22.9 Å². The highest BCUT2D eigenvalue weighted by Gasteiger charge is 2.20. The van der Waals surface area contributed by atoms with Gasteiger partial charge in [-0.05, 0) is 46.4 Å². The summed E-state index contributed by atoms with van der Waals surface area (Å²) in [5.74, 6) is 0. The molecule has 0 nitrogen and oxygen atoms in total. The Kier molecular flexibility index (Phi) is 4.93. The number of hydrogen-bond donors (Lipinski definition) is 0. The van der Waals surface area contributed by atoms with E-state index in [2.05, 4.69) is 63.4 Å². The van der Waals surface area contributed by atoms with E-state index in [-0.39, 0.29) is 10.8 Å². The summed E-state index contributed by atoms with van der Waals surface area (Å²) in [6.45, 7) is 8.99. The van der Waals surface area contributed by atoms with Gasteiger partial charge in [-0.1, -0.05) is 52.0 Å². The van der Waals surface area contributed by atoms with Crippen molar-refractivity contribution >= 4 is 22.9 Å². The number of benzene rings is 1. The summed E-state index contributed by atoms with van der Waals surface area (Å²) < 4.78 is 0. The third-order valence-corrected chi connectivity index (χ3v) is 5.88. The Morgan fingerprint density at radius 3 is 2.30 bits per heavy atom. The Balaban J connectivity index is 2.26. The SMILES string of the molecule is CCc1ccsc1C(Cl)c1ccc(C(C)(C)CC)cc1. The smallest absolute Gasteiger partial charge is 0.0930 e. The standard InChI is InChI=1S/C18H23ClS/c1-5-13-11-12-20-17(13)16(19)14-7-9-15(10-8-14)18(3,4)6-2/h7-12,16H,5-6H2,1-4H3. The lowest BCUT2D eigenvalue weighted by molar-refractivity contribution is 0.506. The van der Waals surface area contributed by atoms with Crippen LogP contribution in [0.2, 0.25) is 0 Å². The normalized spacial score (nSPS) is 13.4. The molecule has 0 amide bonds. The van der Waals surface area contributed by atoms with Gasteiger partial charge >= 0.3 is 0 Å². The van der Waals surface area contributed by atoms with Crippen LogP contribution in [0.5, 0.6) is 0 Å². The van der Waals surface area contributed by atoms with Crippen molar-refractivity contribution in [3.63, 3.8) is 0 Å². The highest BCUT2D eigenvalue weighted by molar-refractivity contribution is 7.10. The molecule has 1 heterocycles. The molecule has 108 valence electrons. The summed E-state index contributed by atoms with van der Waals surface area (Å²) >= 11 is 8.43. The molecule has 0 aliphatic carbocycles. The van der Waals surface area contributed by atoms with Crippen molar-refractivity contribution in [3.8, 4) is 0 Å². The van der Waals surface area contributed by atoms with Gasteiger partial charge in [-0.25, -0.2) is 0 Å². The largest absolute Gasteiger partial charge is 0.147 e. The zero-order chi connectivity index (χ0) is 14.8. The van der Waals surface area contributed by atoms with E-state index < -0.39 is 0 Å². The van der Waals surface area contributed by atoms with Crippen LogP contribution >= 0.6 is 22.9 Å². The van der Waals surface area contributed by atoms with Crippen LogP contribution in [0, 0.1) is 0 Å². The first-order valence-corrected chi connectivity index (χ1v) is 8.62. The lowest BCUT2D eigenvalue weighted by atomic mass is 9.82. The zero-order valence-electron chi connectivity index (χ0n) is 12.7. The lowest BCUT2D eigenvalue weighted by Crippen LogP contribution is -2.15. The summed E-state index contributed by atoms with van der Waals surface area (Å²) in [4.78, 5) is 1.29. The molecule has 1 aromatic heterocycles. The van der Waals surface area contributed by atoms with E-state index in [0.717, 1.165) is 12.8 Å². The molecule has 0 bridgehead atoms. The molecule has 1 aromatic carbocycles. The van der Waals surface area contributed by atoms with Crippen LogP contribution in [0.25, 0.3) is 0 Å². The maximum Gasteiger partial charge on any atom is 0.0930 e. The van der Waals surface area contributed by atoms with E-state index >= 15 is 0 Å². The van der Waals surface area contributed by atoms with Crippen molar-refractivity contribution in [2.75, 3.05) is 0 Å². The van der Waals surface area contributed by atoms with Crippen LogP contribution in [-0.2, 0) is 11.8 Å². The first-order chi connectivity index (χ1) is 9.49. The number of halogens is 1. The van der Waals surface area contributed by atoms with Crippen LogP contribution < -0.4 is 0 Å². The molecule has 0 spiro atoms. The fourth-order valence-corrected chi connectivity index (χ4v) is 3.76. The Labute approximate surface area is 131 Å². The van der Waals surface area contributed by atoms with Gasteiger partial charge in [0.2, 0.25) is 0 Å². The van der Waals surface area contributed by atoms with Gasteiger partial charge in [0.1, 0.15) is 0 Å². The average Bonchev–Trinajstić information content (AvgIpc) is 2.95. The monoisotopic (exact) mass is 306 g/mol. The minimum atomic E-state index is -0.0243. The second-order valence-electron chi connectivity index (χ2n) is 5.89. The van der Waals surface area contributed by atoms with Gasteiger partial charge in [0.05, 0.1) is 5.38 Å². The van der Waals surface area contributed by atoms with Crippen LogP contribution in [0.4, 0.5) is 0 Å². The van der Waals surface area contributed by atoms with E-state index in [1.807, 2.05) is 0 Å².